The summed E-state index contributed by atoms with van der Waals surface area (Å²) in [6.07, 6.45) is 0.0983. The van der Waals surface area contributed by atoms with Gasteiger partial charge in [0.25, 0.3) is 0 Å². The molecule has 1 rings (SSSR count). The number of ether oxygens (including phenoxy) is 1. The van der Waals surface area contributed by atoms with E-state index in [-0.39, 0.29) is 24.5 Å². The molecule has 1 aromatic carbocycles. The van der Waals surface area contributed by atoms with Gasteiger partial charge in [0.2, 0.25) is 5.91 Å². The fraction of sp³-hybridized carbons (Fsp3) is 0.333. The van der Waals surface area contributed by atoms with E-state index in [4.69, 9.17) is 0 Å². The van der Waals surface area contributed by atoms with Gasteiger partial charge in [-0.15, -0.1) is 0 Å². The molecule has 0 aliphatic rings. The highest BCUT2D eigenvalue weighted by Gasteiger charge is 2.06. The van der Waals surface area contributed by atoms with Crippen LogP contribution in [0.1, 0.15) is 18.4 Å². The maximum Gasteiger partial charge on any atom is 0.306 e. The molecule has 0 fully saturated rings. The molecule has 1 aromatic rings. The van der Waals surface area contributed by atoms with Crippen molar-refractivity contribution in [3.05, 3.63) is 29.8 Å². The molecule has 0 radical (unpaired) electrons. The lowest BCUT2D eigenvalue weighted by Gasteiger charge is -2.08. The summed E-state index contributed by atoms with van der Waals surface area (Å²) in [5.74, 6) is -0.574. The summed E-state index contributed by atoms with van der Waals surface area (Å²) in [6.45, 7) is 0.302. The SMILES string of the molecule is COC(=O)CCC(=O)NNCc1ccccc1O. The molecule has 0 aromatic heterocycles. The Morgan fingerprint density at radius 2 is 2.00 bits per heavy atom. The van der Waals surface area contributed by atoms with Crippen LogP contribution in [0.3, 0.4) is 0 Å². The predicted molar refractivity (Wildman–Crippen MR) is 64.3 cm³/mol. The molecule has 0 heterocycles. The number of hydrogen-bond acceptors (Lipinski definition) is 5. The minimum Gasteiger partial charge on any atom is -0.508 e. The van der Waals surface area contributed by atoms with Gasteiger partial charge in [0.15, 0.2) is 0 Å². The lowest BCUT2D eigenvalue weighted by Crippen LogP contribution is -2.36. The lowest BCUT2D eigenvalue weighted by atomic mass is 10.2. The molecule has 0 bridgehead atoms. The minimum absolute atomic E-state index is 0.0423. The monoisotopic (exact) mass is 252 g/mol. The van der Waals surface area contributed by atoms with Gasteiger partial charge in [-0.1, -0.05) is 18.2 Å². The number of para-hydroxylation sites is 1. The van der Waals surface area contributed by atoms with E-state index in [1.807, 2.05) is 0 Å². The lowest BCUT2D eigenvalue weighted by molar-refractivity contribution is -0.142. The highest BCUT2D eigenvalue weighted by Crippen LogP contribution is 2.14. The van der Waals surface area contributed by atoms with Crippen LogP contribution in [-0.4, -0.2) is 24.1 Å². The first-order valence-electron chi connectivity index (χ1n) is 5.49. The molecule has 1 amide bonds. The molecule has 0 aliphatic heterocycles. The molecule has 6 heteroatoms. The summed E-state index contributed by atoms with van der Waals surface area (Å²) in [7, 11) is 1.27. The van der Waals surface area contributed by atoms with Gasteiger partial charge in [-0.25, -0.2) is 5.43 Å². The zero-order chi connectivity index (χ0) is 13.4. The molecule has 0 unspecified atom stereocenters. The summed E-state index contributed by atoms with van der Waals surface area (Å²) in [5.41, 5.74) is 5.77. The van der Waals surface area contributed by atoms with E-state index in [0.717, 1.165) is 0 Å². The molecular weight excluding hydrogens is 236 g/mol. The van der Waals surface area contributed by atoms with E-state index >= 15 is 0 Å². The van der Waals surface area contributed by atoms with E-state index in [2.05, 4.69) is 15.6 Å². The van der Waals surface area contributed by atoms with Crippen LogP contribution < -0.4 is 10.9 Å². The smallest absolute Gasteiger partial charge is 0.306 e. The average molecular weight is 252 g/mol. The number of esters is 1. The number of methoxy groups -OCH3 is 1. The number of phenols is 1. The van der Waals surface area contributed by atoms with Crippen LogP contribution >= 0.6 is 0 Å². The van der Waals surface area contributed by atoms with Gasteiger partial charge in [0, 0.05) is 18.5 Å². The van der Waals surface area contributed by atoms with E-state index in [9.17, 15) is 14.7 Å². The fourth-order valence-corrected chi connectivity index (χ4v) is 1.28. The van der Waals surface area contributed by atoms with Gasteiger partial charge in [-0.3, -0.25) is 15.0 Å². The van der Waals surface area contributed by atoms with Crippen molar-refractivity contribution in [2.75, 3.05) is 7.11 Å². The first-order chi connectivity index (χ1) is 8.63. The Hall–Kier alpha value is -2.08. The summed E-state index contributed by atoms with van der Waals surface area (Å²) >= 11 is 0. The molecule has 0 spiro atoms. The van der Waals surface area contributed by atoms with Crippen LogP contribution in [0.5, 0.6) is 5.75 Å². The van der Waals surface area contributed by atoms with Gasteiger partial charge >= 0.3 is 5.97 Å². The molecule has 0 atom stereocenters. The number of phenolic OH excluding ortho intramolecular Hbond substituents is 1. The van der Waals surface area contributed by atoms with E-state index in [1.165, 1.54) is 7.11 Å². The highest BCUT2D eigenvalue weighted by atomic mass is 16.5. The highest BCUT2D eigenvalue weighted by molar-refractivity contribution is 5.80. The molecule has 18 heavy (non-hydrogen) atoms. The largest absolute Gasteiger partial charge is 0.508 e. The third kappa shape index (κ3) is 4.84. The number of aromatic hydroxyl groups is 1. The van der Waals surface area contributed by atoms with Crippen LogP contribution in [-0.2, 0) is 20.9 Å². The first kappa shape index (κ1) is 14.0. The van der Waals surface area contributed by atoms with Crippen LogP contribution in [0.25, 0.3) is 0 Å². The number of carbonyl (C=O) groups is 2. The van der Waals surface area contributed by atoms with Crippen LogP contribution in [0.2, 0.25) is 0 Å². The van der Waals surface area contributed by atoms with Crippen molar-refractivity contribution in [2.24, 2.45) is 0 Å². The summed E-state index contributed by atoms with van der Waals surface area (Å²) in [5, 5.41) is 9.47. The van der Waals surface area contributed by atoms with Crippen molar-refractivity contribution in [3.63, 3.8) is 0 Å². The Kier molecular flexibility index (Phi) is 5.66. The van der Waals surface area contributed by atoms with Crippen molar-refractivity contribution in [3.8, 4) is 5.75 Å². The number of benzene rings is 1. The van der Waals surface area contributed by atoms with Crippen LogP contribution in [0, 0.1) is 0 Å². The third-order valence-corrected chi connectivity index (χ3v) is 2.28. The maximum atomic E-state index is 11.3. The standard InChI is InChI=1S/C12H16N2O4/c1-18-12(17)7-6-11(16)14-13-8-9-4-2-3-5-10(9)15/h2-5,13,15H,6-8H2,1H3,(H,14,16). The minimum atomic E-state index is -0.425. The van der Waals surface area contributed by atoms with Crippen molar-refractivity contribution >= 4 is 11.9 Å². The Balaban J connectivity index is 2.24. The second kappa shape index (κ2) is 7.29. The van der Waals surface area contributed by atoms with Gasteiger partial charge in [-0.2, -0.15) is 0 Å². The van der Waals surface area contributed by atoms with Crippen molar-refractivity contribution in [2.45, 2.75) is 19.4 Å². The zero-order valence-corrected chi connectivity index (χ0v) is 10.1. The summed E-state index contributed by atoms with van der Waals surface area (Å²) in [4.78, 5) is 22.1. The summed E-state index contributed by atoms with van der Waals surface area (Å²) < 4.78 is 4.42. The quantitative estimate of drug-likeness (QED) is 0.506. The number of hydrogen-bond donors (Lipinski definition) is 3. The molecule has 0 saturated carbocycles. The van der Waals surface area contributed by atoms with E-state index in [0.29, 0.717) is 12.1 Å². The number of rotatable bonds is 6. The number of carbonyl (C=O) groups excluding carboxylic acids is 2. The second-order valence-corrected chi connectivity index (χ2v) is 3.61. The fourth-order valence-electron chi connectivity index (χ4n) is 1.28. The van der Waals surface area contributed by atoms with Gasteiger partial charge < -0.3 is 9.84 Å². The van der Waals surface area contributed by atoms with Gasteiger partial charge in [0.05, 0.1) is 13.5 Å². The molecule has 6 nitrogen and oxygen atoms in total. The predicted octanol–water partition coefficient (Wildman–Crippen LogP) is 0.466. The number of hydrazine groups is 1. The Morgan fingerprint density at radius 3 is 2.67 bits per heavy atom. The molecule has 3 N–H and O–H groups in total. The van der Waals surface area contributed by atoms with Gasteiger partial charge in [0.1, 0.15) is 5.75 Å². The van der Waals surface area contributed by atoms with Gasteiger partial charge in [-0.05, 0) is 6.07 Å². The van der Waals surface area contributed by atoms with Crippen molar-refractivity contribution < 1.29 is 19.4 Å². The molecule has 0 saturated heterocycles. The Morgan fingerprint density at radius 1 is 1.28 bits per heavy atom. The van der Waals surface area contributed by atoms with E-state index < -0.39 is 5.97 Å². The Bertz CT molecular complexity index is 420. The van der Waals surface area contributed by atoms with Crippen molar-refractivity contribution in [1.29, 1.82) is 0 Å². The Labute approximate surface area is 105 Å². The summed E-state index contributed by atoms with van der Waals surface area (Å²) in [6, 6.07) is 6.81. The molecular formula is C12H16N2O4. The molecule has 98 valence electrons. The van der Waals surface area contributed by atoms with E-state index in [1.54, 1.807) is 24.3 Å². The number of amides is 1. The zero-order valence-electron chi connectivity index (χ0n) is 10.1. The van der Waals surface area contributed by atoms with Crippen LogP contribution in [0.4, 0.5) is 0 Å². The molecule has 0 aliphatic carbocycles. The van der Waals surface area contributed by atoms with Crippen molar-refractivity contribution in [1.82, 2.24) is 10.9 Å². The second-order valence-electron chi connectivity index (χ2n) is 3.61. The average Bonchev–Trinajstić information content (AvgIpc) is 2.38. The first-order valence-corrected chi connectivity index (χ1v) is 5.49. The normalized spacial score (nSPS) is 9.83. The number of nitrogens with one attached hydrogen (secondary N) is 2. The third-order valence-electron chi connectivity index (χ3n) is 2.28. The van der Waals surface area contributed by atoms with Crippen LogP contribution in [0.15, 0.2) is 24.3 Å². The topological polar surface area (TPSA) is 87.7 Å². The maximum absolute atomic E-state index is 11.3.